The molecule has 0 bridgehead atoms. The fourth-order valence-electron chi connectivity index (χ4n) is 2.37. The first-order chi connectivity index (χ1) is 13.0. The van der Waals surface area contributed by atoms with Crippen molar-refractivity contribution in [1.29, 1.82) is 0 Å². The normalized spacial score (nSPS) is 10.6. The van der Waals surface area contributed by atoms with E-state index in [0.717, 1.165) is 6.42 Å². The maximum absolute atomic E-state index is 12.3. The molecule has 0 aliphatic rings. The molecular weight excluding hydrogens is 350 g/mol. The van der Waals surface area contributed by atoms with Gasteiger partial charge in [-0.3, -0.25) is 14.9 Å². The van der Waals surface area contributed by atoms with E-state index in [0.29, 0.717) is 23.7 Å². The summed E-state index contributed by atoms with van der Waals surface area (Å²) in [7, 11) is 2.83. The molecule has 0 unspecified atom stereocenters. The molecule has 0 N–H and O–H groups in total. The lowest BCUT2D eigenvalue weighted by Crippen LogP contribution is -1.98. The van der Waals surface area contributed by atoms with Gasteiger partial charge in [0.05, 0.1) is 37.4 Å². The Balaban J connectivity index is 2.25. The van der Waals surface area contributed by atoms with E-state index in [4.69, 9.17) is 14.2 Å². The summed E-state index contributed by atoms with van der Waals surface area (Å²) in [5, 5.41) is 11.3. The standard InChI is InChI=1S/C20H21NO6/c1-4-11-27-16-8-5-14(6-9-16)18(22)10-7-15-12-19(25-2)20(26-3)13-17(15)21(23)24/h5-10,12-13H,4,11H2,1-3H3/b10-7+. The van der Waals surface area contributed by atoms with Crippen molar-refractivity contribution < 1.29 is 23.9 Å². The van der Waals surface area contributed by atoms with Crippen LogP contribution in [-0.2, 0) is 0 Å². The highest BCUT2D eigenvalue weighted by molar-refractivity contribution is 6.07. The molecule has 0 aliphatic heterocycles. The van der Waals surface area contributed by atoms with Crippen molar-refractivity contribution in [2.45, 2.75) is 13.3 Å². The number of nitro benzene ring substituents is 1. The van der Waals surface area contributed by atoms with Gasteiger partial charge in [0, 0.05) is 5.56 Å². The maximum atomic E-state index is 12.3. The van der Waals surface area contributed by atoms with Crippen LogP contribution in [0.15, 0.2) is 42.5 Å². The molecule has 2 rings (SSSR count). The van der Waals surface area contributed by atoms with Gasteiger partial charge in [-0.15, -0.1) is 0 Å². The van der Waals surface area contributed by atoms with Crippen LogP contribution in [0.2, 0.25) is 0 Å². The van der Waals surface area contributed by atoms with Crippen molar-refractivity contribution in [1.82, 2.24) is 0 Å². The number of rotatable bonds is 9. The monoisotopic (exact) mass is 371 g/mol. The zero-order valence-electron chi connectivity index (χ0n) is 15.4. The van der Waals surface area contributed by atoms with Crippen LogP contribution in [0.3, 0.4) is 0 Å². The number of ether oxygens (including phenoxy) is 3. The Morgan fingerprint density at radius 1 is 1.11 bits per heavy atom. The molecule has 0 heterocycles. The fraction of sp³-hybridized carbons (Fsp3) is 0.250. The van der Waals surface area contributed by atoms with Gasteiger partial charge >= 0.3 is 0 Å². The summed E-state index contributed by atoms with van der Waals surface area (Å²) in [5.74, 6) is 0.997. The van der Waals surface area contributed by atoms with Crippen LogP contribution < -0.4 is 14.2 Å². The molecule has 2 aromatic carbocycles. The van der Waals surface area contributed by atoms with E-state index in [1.165, 1.54) is 38.5 Å². The second-order valence-corrected chi connectivity index (χ2v) is 5.59. The first-order valence-electron chi connectivity index (χ1n) is 8.35. The van der Waals surface area contributed by atoms with E-state index in [-0.39, 0.29) is 22.8 Å². The molecule has 0 aromatic heterocycles. The number of hydrogen-bond acceptors (Lipinski definition) is 6. The van der Waals surface area contributed by atoms with Crippen molar-refractivity contribution in [3.63, 3.8) is 0 Å². The molecular formula is C20H21NO6. The first kappa shape index (κ1) is 20.0. The minimum absolute atomic E-state index is 0.181. The Kier molecular flexibility index (Phi) is 6.93. The Morgan fingerprint density at radius 2 is 1.74 bits per heavy atom. The molecule has 7 heteroatoms. The Bertz CT molecular complexity index is 842. The summed E-state index contributed by atoms with van der Waals surface area (Å²) in [4.78, 5) is 23.1. The molecule has 0 radical (unpaired) electrons. The summed E-state index contributed by atoms with van der Waals surface area (Å²) in [6.45, 7) is 2.62. The molecule has 0 spiro atoms. The Labute approximate surface area is 157 Å². The van der Waals surface area contributed by atoms with Crippen LogP contribution in [0.25, 0.3) is 6.08 Å². The van der Waals surface area contributed by atoms with Crippen molar-refractivity contribution in [2.24, 2.45) is 0 Å². The largest absolute Gasteiger partial charge is 0.494 e. The number of nitro groups is 1. The number of methoxy groups -OCH3 is 2. The number of nitrogens with zero attached hydrogens (tertiary/aromatic N) is 1. The summed E-state index contributed by atoms with van der Waals surface area (Å²) < 4.78 is 15.7. The first-order valence-corrected chi connectivity index (χ1v) is 8.35. The van der Waals surface area contributed by atoms with E-state index < -0.39 is 4.92 Å². The lowest BCUT2D eigenvalue weighted by molar-refractivity contribution is -0.385. The van der Waals surface area contributed by atoms with E-state index in [9.17, 15) is 14.9 Å². The van der Waals surface area contributed by atoms with E-state index in [1.807, 2.05) is 6.92 Å². The minimum Gasteiger partial charge on any atom is -0.494 e. The van der Waals surface area contributed by atoms with Gasteiger partial charge in [0.2, 0.25) is 0 Å². The second kappa shape index (κ2) is 9.38. The number of allylic oxidation sites excluding steroid dienone is 1. The fourth-order valence-corrected chi connectivity index (χ4v) is 2.37. The van der Waals surface area contributed by atoms with Crippen LogP contribution in [0.4, 0.5) is 5.69 Å². The molecule has 0 saturated carbocycles. The van der Waals surface area contributed by atoms with E-state index in [1.54, 1.807) is 24.3 Å². The van der Waals surface area contributed by atoms with Crippen LogP contribution in [-0.4, -0.2) is 31.5 Å². The summed E-state index contributed by atoms with van der Waals surface area (Å²) in [5.41, 5.74) is 0.521. The van der Waals surface area contributed by atoms with Crippen molar-refractivity contribution >= 4 is 17.5 Å². The predicted molar refractivity (Wildman–Crippen MR) is 102 cm³/mol. The van der Waals surface area contributed by atoms with Crippen molar-refractivity contribution in [3.05, 3.63) is 63.7 Å². The topological polar surface area (TPSA) is 87.9 Å². The lowest BCUT2D eigenvalue weighted by Gasteiger charge is -2.08. The quantitative estimate of drug-likeness (QED) is 0.283. The number of benzene rings is 2. The molecule has 2 aromatic rings. The van der Waals surface area contributed by atoms with Gasteiger partial charge in [0.25, 0.3) is 5.69 Å². The van der Waals surface area contributed by atoms with Crippen LogP contribution in [0.5, 0.6) is 17.2 Å². The number of ketones is 1. The summed E-state index contributed by atoms with van der Waals surface area (Å²) in [6.07, 6.45) is 3.58. The van der Waals surface area contributed by atoms with Crippen LogP contribution >= 0.6 is 0 Å². The molecule has 0 amide bonds. The molecule has 142 valence electrons. The lowest BCUT2D eigenvalue weighted by atomic mass is 10.1. The average Bonchev–Trinajstić information content (AvgIpc) is 2.69. The van der Waals surface area contributed by atoms with Gasteiger partial charge in [-0.05, 0) is 48.9 Å². The molecule has 27 heavy (non-hydrogen) atoms. The summed E-state index contributed by atoms with van der Waals surface area (Å²) in [6, 6.07) is 9.47. The van der Waals surface area contributed by atoms with Gasteiger partial charge in [0.1, 0.15) is 5.75 Å². The third kappa shape index (κ3) is 5.07. The van der Waals surface area contributed by atoms with Gasteiger partial charge in [-0.2, -0.15) is 0 Å². The second-order valence-electron chi connectivity index (χ2n) is 5.59. The van der Waals surface area contributed by atoms with Gasteiger partial charge in [-0.25, -0.2) is 0 Å². The van der Waals surface area contributed by atoms with Gasteiger partial charge < -0.3 is 14.2 Å². The molecule has 7 nitrogen and oxygen atoms in total. The highest BCUT2D eigenvalue weighted by atomic mass is 16.6. The van der Waals surface area contributed by atoms with Gasteiger partial charge in [-0.1, -0.05) is 6.92 Å². The van der Waals surface area contributed by atoms with Gasteiger partial charge in [0.15, 0.2) is 17.3 Å². The third-order valence-corrected chi connectivity index (χ3v) is 3.76. The smallest absolute Gasteiger partial charge is 0.280 e. The average molecular weight is 371 g/mol. The summed E-state index contributed by atoms with van der Waals surface area (Å²) >= 11 is 0. The Morgan fingerprint density at radius 3 is 2.30 bits per heavy atom. The molecule has 0 fully saturated rings. The zero-order valence-corrected chi connectivity index (χ0v) is 15.4. The zero-order chi connectivity index (χ0) is 19.8. The molecule has 0 atom stereocenters. The van der Waals surface area contributed by atoms with Crippen LogP contribution in [0, 0.1) is 10.1 Å². The number of carbonyl (C=O) groups is 1. The van der Waals surface area contributed by atoms with Crippen LogP contribution in [0.1, 0.15) is 29.3 Å². The molecule has 0 aliphatic carbocycles. The third-order valence-electron chi connectivity index (χ3n) is 3.76. The maximum Gasteiger partial charge on any atom is 0.280 e. The SMILES string of the molecule is CCCOc1ccc(C(=O)/C=C/c2cc(OC)c(OC)cc2[N+](=O)[O-])cc1. The molecule has 0 saturated heterocycles. The van der Waals surface area contributed by atoms with E-state index >= 15 is 0 Å². The van der Waals surface area contributed by atoms with E-state index in [2.05, 4.69) is 0 Å². The Hall–Kier alpha value is -3.35. The number of carbonyl (C=O) groups excluding carboxylic acids is 1. The minimum atomic E-state index is -0.536. The van der Waals surface area contributed by atoms with Crippen molar-refractivity contribution in [3.8, 4) is 17.2 Å². The number of hydrogen-bond donors (Lipinski definition) is 0. The highest BCUT2D eigenvalue weighted by Gasteiger charge is 2.18. The van der Waals surface area contributed by atoms with Crippen molar-refractivity contribution in [2.75, 3.05) is 20.8 Å². The highest BCUT2D eigenvalue weighted by Crippen LogP contribution is 2.35. The predicted octanol–water partition coefficient (Wildman–Crippen LogP) is 4.30.